The molecule has 0 bridgehead atoms. The molecule has 9 heteroatoms. The maximum absolute atomic E-state index is 13.0. The Morgan fingerprint density at radius 2 is 2.00 bits per heavy atom. The molecule has 0 radical (unpaired) electrons. The third-order valence-corrected chi connectivity index (χ3v) is 5.09. The van der Waals surface area contributed by atoms with E-state index in [0.29, 0.717) is 19.0 Å². The number of hydrogen-bond acceptors (Lipinski definition) is 2. The summed E-state index contributed by atoms with van der Waals surface area (Å²) in [6.45, 7) is 6.03. The Kier molecular flexibility index (Phi) is 6.62. The van der Waals surface area contributed by atoms with E-state index in [-0.39, 0.29) is 10.7 Å². The summed E-state index contributed by atoms with van der Waals surface area (Å²) in [5.41, 5.74) is -0.719. The molecule has 0 spiro atoms. The standard InChI is InChI=1S/C16H20ClF3N4S/c1-4-24(5-2)14(22-15-23(3)8-9-25-15)21-13-10-11(16(18,19)20)6-7-12(13)17/h6-7,10H,4-5,8-9H2,1-3H3/b21-14-,22-15+. The molecular weight excluding hydrogens is 373 g/mol. The molecule has 1 aliphatic heterocycles. The molecule has 0 saturated carbocycles. The molecule has 0 amide bonds. The second kappa shape index (κ2) is 8.31. The Morgan fingerprint density at radius 1 is 1.32 bits per heavy atom. The first-order valence-electron chi connectivity index (χ1n) is 7.89. The van der Waals surface area contributed by atoms with E-state index in [1.165, 1.54) is 6.07 Å². The highest BCUT2D eigenvalue weighted by molar-refractivity contribution is 8.14. The third-order valence-electron chi connectivity index (χ3n) is 3.72. The molecule has 0 aliphatic carbocycles. The van der Waals surface area contributed by atoms with Crippen molar-refractivity contribution in [3.8, 4) is 0 Å². The van der Waals surface area contributed by atoms with Crippen LogP contribution < -0.4 is 0 Å². The van der Waals surface area contributed by atoms with Crippen LogP contribution in [0.3, 0.4) is 0 Å². The van der Waals surface area contributed by atoms with Crippen LogP contribution >= 0.6 is 23.4 Å². The fraction of sp³-hybridized carbons (Fsp3) is 0.500. The van der Waals surface area contributed by atoms with Crippen LogP contribution in [0, 0.1) is 0 Å². The largest absolute Gasteiger partial charge is 0.416 e. The highest BCUT2D eigenvalue weighted by Gasteiger charge is 2.31. The first-order valence-corrected chi connectivity index (χ1v) is 9.25. The van der Waals surface area contributed by atoms with Crippen molar-refractivity contribution in [2.75, 3.05) is 32.4 Å². The summed E-state index contributed by atoms with van der Waals surface area (Å²) in [7, 11) is 1.93. The Hall–Kier alpha value is -1.41. The predicted molar refractivity (Wildman–Crippen MR) is 99.0 cm³/mol. The third kappa shape index (κ3) is 5.04. The van der Waals surface area contributed by atoms with Crippen LogP contribution in [0.1, 0.15) is 19.4 Å². The second-order valence-corrected chi connectivity index (χ2v) is 6.88. The van der Waals surface area contributed by atoms with Crippen molar-refractivity contribution < 1.29 is 13.2 Å². The predicted octanol–water partition coefficient (Wildman–Crippen LogP) is 4.72. The van der Waals surface area contributed by atoms with Crippen molar-refractivity contribution in [2.24, 2.45) is 9.98 Å². The number of thioether (sulfide) groups is 1. The SMILES string of the molecule is CCN(CC)C(/N=C1/SCCN1C)=N\c1cc(C(F)(F)F)ccc1Cl. The van der Waals surface area contributed by atoms with Crippen molar-refractivity contribution in [3.63, 3.8) is 0 Å². The van der Waals surface area contributed by atoms with Crippen LogP contribution in [0.5, 0.6) is 0 Å². The number of benzene rings is 1. The van der Waals surface area contributed by atoms with E-state index >= 15 is 0 Å². The van der Waals surface area contributed by atoms with Crippen LogP contribution in [0.2, 0.25) is 5.02 Å². The zero-order valence-corrected chi connectivity index (χ0v) is 15.8. The van der Waals surface area contributed by atoms with Gasteiger partial charge in [0.25, 0.3) is 0 Å². The lowest BCUT2D eigenvalue weighted by molar-refractivity contribution is -0.137. The van der Waals surface area contributed by atoms with Crippen molar-refractivity contribution in [2.45, 2.75) is 20.0 Å². The minimum Gasteiger partial charge on any atom is -0.353 e. The van der Waals surface area contributed by atoms with E-state index in [9.17, 15) is 13.2 Å². The van der Waals surface area contributed by atoms with E-state index in [1.54, 1.807) is 11.8 Å². The molecule has 1 saturated heterocycles. The Bertz CT molecular complexity index is 672. The molecule has 25 heavy (non-hydrogen) atoms. The topological polar surface area (TPSA) is 31.2 Å². The molecule has 0 atom stereocenters. The average Bonchev–Trinajstić information content (AvgIpc) is 2.94. The zero-order valence-electron chi connectivity index (χ0n) is 14.3. The van der Waals surface area contributed by atoms with Gasteiger partial charge in [-0.1, -0.05) is 23.4 Å². The summed E-state index contributed by atoms with van der Waals surface area (Å²) >= 11 is 7.66. The van der Waals surface area contributed by atoms with E-state index in [1.807, 2.05) is 30.7 Å². The Morgan fingerprint density at radius 3 is 2.52 bits per heavy atom. The molecule has 2 rings (SSSR count). The number of rotatable bonds is 3. The fourth-order valence-electron chi connectivity index (χ4n) is 2.24. The van der Waals surface area contributed by atoms with Gasteiger partial charge < -0.3 is 9.80 Å². The first-order chi connectivity index (χ1) is 11.8. The molecule has 1 aliphatic rings. The van der Waals surface area contributed by atoms with Crippen LogP contribution in [0.15, 0.2) is 28.2 Å². The van der Waals surface area contributed by atoms with Gasteiger partial charge in [-0.15, -0.1) is 0 Å². The molecule has 1 heterocycles. The van der Waals surface area contributed by atoms with Gasteiger partial charge in [-0.25, -0.2) is 4.99 Å². The monoisotopic (exact) mass is 392 g/mol. The maximum atomic E-state index is 13.0. The number of alkyl halides is 3. The Labute approximate surface area is 154 Å². The van der Waals surface area contributed by atoms with Crippen LogP contribution in [0.4, 0.5) is 18.9 Å². The number of amidine groups is 1. The maximum Gasteiger partial charge on any atom is 0.416 e. The van der Waals surface area contributed by atoms with Gasteiger partial charge in [0.2, 0.25) is 5.96 Å². The molecule has 1 aromatic carbocycles. The van der Waals surface area contributed by atoms with E-state index in [2.05, 4.69) is 9.98 Å². The molecule has 0 N–H and O–H groups in total. The van der Waals surface area contributed by atoms with E-state index in [4.69, 9.17) is 11.6 Å². The lowest BCUT2D eigenvalue weighted by Crippen LogP contribution is -2.31. The number of aliphatic imine (C=N–C) groups is 2. The van der Waals surface area contributed by atoms with Gasteiger partial charge in [-0.2, -0.15) is 18.2 Å². The number of guanidine groups is 1. The van der Waals surface area contributed by atoms with Crippen molar-refractivity contribution in [1.29, 1.82) is 0 Å². The quantitative estimate of drug-likeness (QED) is 0.550. The van der Waals surface area contributed by atoms with E-state index < -0.39 is 11.7 Å². The lowest BCUT2D eigenvalue weighted by Gasteiger charge is -2.21. The number of hydrogen-bond donors (Lipinski definition) is 0. The van der Waals surface area contributed by atoms with Gasteiger partial charge in [-0.05, 0) is 32.0 Å². The fourth-order valence-corrected chi connectivity index (χ4v) is 3.40. The number of halogens is 4. The molecule has 1 aromatic rings. The van der Waals surface area contributed by atoms with Crippen LogP contribution in [0.25, 0.3) is 0 Å². The van der Waals surface area contributed by atoms with Gasteiger partial charge in [0, 0.05) is 32.4 Å². The van der Waals surface area contributed by atoms with Gasteiger partial charge in [0.1, 0.15) is 0 Å². The Balaban J connectivity index is 2.50. The van der Waals surface area contributed by atoms with Gasteiger partial charge in [-0.3, -0.25) is 0 Å². The summed E-state index contributed by atoms with van der Waals surface area (Å²) in [5.74, 6) is 1.29. The second-order valence-electron chi connectivity index (χ2n) is 5.41. The molecular formula is C16H20ClF3N4S. The van der Waals surface area contributed by atoms with Crippen molar-refractivity contribution in [1.82, 2.24) is 9.80 Å². The van der Waals surface area contributed by atoms with Gasteiger partial charge in [0.15, 0.2) is 5.17 Å². The lowest BCUT2D eigenvalue weighted by atomic mass is 10.2. The van der Waals surface area contributed by atoms with Crippen molar-refractivity contribution >= 4 is 40.2 Å². The molecule has 138 valence electrons. The molecule has 0 aromatic heterocycles. The number of nitrogens with zero attached hydrogens (tertiary/aromatic N) is 4. The normalized spacial score (nSPS) is 17.5. The van der Waals surface area contributed by atoms with E-state index in [0.717, 1.165) is 29.6 Å². The van der Waals surface area contributed by atoms with Crippen LogP contribution in [-0.2, 0) is 6.18 Å². The minimum absolute atomic E-state index is 0.0633. The summed E-state index contributed by atoms with van der Waals surface area (Å²) in [6, 6.07) is 3.12. The zero-order chi connectivity index (χ0) is 18.6. The molecule has 0 unspecified atom stereocenters. The van der Waals surface area contributed by atoms with Gasteiger partial charge in [0.05, 0.1) is 16.3 Å². The summed E-state index contributed by atoms with van der Waals surface area (Å²) in [4.78, 5) is 12.8. The highest BCUT2D eigenvalue weighted by Crippen LogP contribution is 2.35. The minimum atomic E-state index is -4.45. The molecule has 1 fully saturated rings. The summed E-state index contributed by atoms with van der Waals surface area (Å²) < 4.78 is 38.9. The summed E-state index contributed by atoms with van der Waals surface area (Å²) in [5, 5.41) is 0.957. The highest BCUT2D eigenvalue weighted by atomic mass is 35.5. The molecule has 4 nitrogen and oxygen atoms in total. The summed E-state index contributed by atoms with van der Waals surface area (Å²) in [6.07, 6.45) is -4.45. The smallest absolute Gasteiger partial charge is 0.353 e. The van der Waals surface area contributed by atoms with Gasteiger partial charge >= 0.3 is 6.18 Å². The first kappa shape index (κ1) is 19.9. The van der Waals surface area contributed by atoms with Crippen molar-refractivity contribution in [3.05, 3.63) is 28.8 Å². The van der Waals surface area contributed by atoms with Crippen LogP contribution in [-0.4, -0.2) is 53.4 Å². The average molecular weight is 393 g/mol.